The van der Waals surface area contributed by atoms with Crippen molar-refractivity contribution in [3.63, 3.8) is 0 Å². The maximum absolute atomic E-state index is 13.4. The number of benzene rings is 3. The first-order chi connectivity index (χ1) is 20.6. The van der Waals surface area contributed by atoms with E-state index in [0.717, 1.165) is 46.2 Å². The van der Waals surface area contributed by atoms with Gasteiger partial charge >= 0.3 is 5.97 Å². The highest BCUT2D eigenvalue weighted by molar-refractivity contribution is 7.90. The normalized spacial score (nSPS) is 14.0. The number of carbonyl (C=O) groups is 2. The summed E-state index contributed by atoms with van der Waals surface area (Å²) >= 11 is 0. The average molecular weight is 610 g/mol. The predicted octanol–water partition coefficient (Wildman–Crippen LogP) is 4.90. The van der Waals surface area contributed by atoms with Gasteiger partial charge in [-0.1, -0.05) is 36.4 Å². The lowest BCUT2D eigenvalue weighted by molar-refractivity contribution is -0.139. The number of aliphatic carboxylic acids is 1. The summed E-state index contributed by atoms with van der Waals surface area (Å²) in [5, 5.41) is 12.3. The van der Waals surface area contributed by atoms with E-state index in [2.05, 4.69) is 11.4 Å². The number of carboxylic acid groups (broad SMARTS) is 1. The van der Waals surface area contributed by atoms with Crippen molar-refractivity contribution in [3.05, 3.63) is 88.5 Å². The molecule has 0 aromatic heterocycles. The molecule has 0 saturated carbocycles. The van der Waals surface area contributed by atoms with E-state index in [1.165, 1.54) is 0 Å². The van der Waals surface area contributed by atoms with Crippen LogP contribution in [0.1, 0.15) is 58.5 Å². The van der Waals surface area contributed by atoms with Crippen LogP contribution in [0.15, 0.2) is 60.7 Å². The van der Waals surface area contributed by atoms with Crippen LogP contribution in [0.4, 0.5) is 0 Å². The molecule has 3 aromatic rings. The van der Waals surface area contributed by atoms with Crippen LogP contribution in [0.3, 0.4) is 0 Å². The molecular weight excluding hydrogens is 570 g/mol. The molecule has 2 N–H and O–H groups in total. The number of amides is 1. The molecule has 0 saturated heterocycles. The van der Waals surface area contributed by atoms with E-state index in [4.69, 9.17) is 14.2 Å². The van der Waals surface area contributed by atoms with E-state index < -0.39 is 27.8 Å². The molecule has 2 atom stereocenters. The Balaban J connectivity index is 1.58. The molecule has 0 unspecified atom stereocenters. The molecule has 230 valence electrons. The highest BCUT2D eigenvalue weighted by Gasteiger charge is 2.24. The Bertz CT molecular complexity index is 1550. The molecule has 0 fully saturated rings. The monoisotopic (exact) mass is 609 g/mol. The molecule has 3 aromatic carbocycles. The average Bonchev–Trinajstić information content (AvgIpc) is 3.44. The van der Waals surface area contributed by atoms with E-state index in [-0.39, 0.29) is 31.3 Å². The highest BCUT2D eigenvalue weighted by Crippen LogP contribution is 2.32. The Kier molecular flexibility index (Phi) is 11.0. The van der Waals surface area contributed by atoms with Crippen LogP contribution in [0, 0.1) is 6.92 Å². The smallest absolute Gasteiger partial charge is 0.326 e. The summed E-state index contributed by atoms with van der Waals surface area (Å²) in [6.07, 6.45) is 1.77. The number of hydrogen-bond acceptors (Lipinski definition) is 7. The molecule has 1 amide bonds. The van der Waals surface area contributed by atoms with Gasteiger partial charge in [-0.25, -0.2) is 13.2 Å². The van der Waals surface area contributed by atoms with Crippen LogP contribution in [-0.2, 0) is 37.1 Å². The van der Waals surface area contributed by atoms with Crippen LogP contribution >= 0.6 is 0 Å². The number of hydrogen-bond donors (Lipinski definition) is 2. The van der Waals surface area contributed by atoms with Gasteiger partial charge < -0.3 is 24.6 Å². The number of aryl methyl sites for hydroxylation is 1. The number of rotatable bonds is 15. The molecule has 9 nitrogen and oxygen atoms in total. The molecule has 0 aliphatic carbocycles. The standard InChI is InChI=1S/C33H39NO8S/c1-4-40-21-31(24-12-14-30-25(19-24)15-16-41-30)42-20-23-11-13-27(28(18-23)26-9-6-5-8-22(26)2)32(35)34-29(33(36)37)10-7-17-43(3,38)39/h5-6,8-9,11-14,18-19,29,31H,4,7,10,15-17,20-21H2,1-3H3,(H,34,35)(H,36,37)/t29-,31-/m0/s1. The molecule has 0 bridgehead atoms. The second-order valence-corrected chi connectivity index (χ2v) is 13.0. The molecule has 0 spiro atoms. The Morgan fingerprint density at radius 1 is 1.07 bits per heavy atom. The van der Waals surface area contributed by atoms with Crippen molar-refractivity contribution in [2.45, 2.75) is 51.9 Å². The van der Waals surface area contributed by atoms with Gasteiger partial charge in [0.15, 0.2) is 0 Å². The minimum atomic E-state index is -3.25. The first-order valence-electron chi connectivity index (χ1n) is 14.4. The van der Waals surface area contributed by atoms with Crippen molar-refractivity contribution >= 4 is 21.7 Å². The molecule has 43 heavy (non-hydrogen) atoms. The van der Waals surface area contributed by atoms with Crippen LogP contribution in [0.5, 0.6) is 5.75 Å². The van der Waals surface area contributed by atoms with Gasteiger partial charge in [0.2, 0.25) is 0 Å². The number of nitrogens with one attached hydrogen (secondary N) is 1. The van der Waals surface area contributed by atoms with Crippen LogP contribution < -0.4 is 10.1 Å². The minimum absolute atomic E-state index is 0.00416. The second kappa shape index (κ2) is 14.6. The summed E-state index contributed by atoms with van der Waals surface area (Å²) in [5.74, 6) is -1.02. The first-order valence-corrected chi connectivity index (χ1v) is 16.5. The number of ether oxygens (including phenoxy) is 3. The van der Waals surface area contributed by atoms with E-state index in [0.29, 0.717) is 30.9 Å². The Hall–Kier alpha value is -3.73. The second-order valence-electron chi connectivity index (χ2n) is 10.8. The lowest BCUT2D eigenvalue weighted by Gasteiger charge is -2.20. The predicted molar refractivity (Wildman–Crippen MR) is 164 cm³/mol. The summed E-state index contributed by atoms with van der Waals surface area (Å²) in [5.41, 5.74) is 5.74. The summed E-state index contributed by atoms with van der Waals surface area (Å²) in [6.45, 7) is 5.76. The molecule has 0 radical (unpaired) electrons. The van der Waals surface area contributed by atoms with E-state index in [1.54, 1.807) is 12.1 Å². The highest BCUT2D eigenvalue weighted by atomic mass is 32.2. The van der Waals surface area contributed by atoms with Crippen LogP contribution in [0.25, 0.3) is 11.1 Å². The van der Waals surface area contributed by atoms with Crippen molar-refractivity contribution in [1.29, 1.82) is 0 Å². The molecule has 4 rings (SSSR count). The van der Waals surface area contributed by atoms with Gasteiger partial charge in [-0.05, 0) is 84.3 Å². The third-order valence-corrected chi connectivity index (χ3v) is 8.42. The molecule has 1 aliphatic rings. The number of fused-ring (bicyclic) bond motifs is 1. The van der Waals surface area contributed by atoms with E-state index in [1.807, 2.05) is 56.3 Å². The molecule has 1 aliphatic heterocycles. The topological polar surface area (TPSA) is 128 Å². The lowest BCUT2D eigenvalue weighted by Crippen LogP contribution is -2.41. The third kappa shape index (κ3) is 8.89. The zero-order valence-corrected chi connectivity index (χ0v) is 25.6. The van der Waals surface area contributed by atoms with Gasteiger partial charge in [-0.3, -0.25) is 4.79 Å². The fourth-order valence-electron chi connectivity index (χ4n) is 5.09. The van der Waals surface area contributed by atoms with Gasteiger partial charge in [-0.15, -0.1) is 0 Å². The van der Waals surface area contributed by atoms with Crippen molar-refractivity contribution in [3.8, 4) is 16.9 Å². The van der Waals surface area contributed by atoms with Crippen LogP contribution in [0.2, 0.25) is 0 Å². The van der Waals surface area contributed by atoms with Crippen molar-refractivity contribution in [1.82, 2.24) is 5.32 Å². The van der Waals surface area contributed by atoms with Crippen molar-refractivity contribution in [2.24, 2.45) is 0 Å². The number of carbonyl (C=O) groups excluding carboxylic acids is 1. The summed E-state index contributed by atoms with van der Waals surface area (Å²) in [7, 11) is -3.25. The minimum Gasteiger partial charge on any atom is -0.493 e. The fourth-order valence-corrected chi connectivity index (χ4v) is 5.78. The van der Waals surface area contributed by atoms with Gasteiger partial charge in [0.05, 0.1) is 19.8 Å². The van der Waals surface area contributed by atoms with Crippen molar-refractivity contribution < 1.29 is 37.3 Å². The fraction of sp³-hybridized carbons (Fsp3) is 0.394. The summed E-state index contributed by atoms with van der Waals surface area (Å²) < 4.78 is 40.8. The maximum Gasteiger partial charge on any atom is 0.326 e. The molecule has 10 heteroatoms. The SMILES string of the molecule is CCOC[C@H](OCc1ccc(C(=O)N[C@@H](CCCS(C)(=O)=O)C(=O)O)c(-c2ccccc2C)c1)c1ccc2c(c1)CCO2. The largest absolute Gasteiger partial charge is 0.493 e. The Morgan fingerprint density at radius 3 is 2.58 bits per heavy atom. The first kappa shape index (κ1) is 32.2. The van der Waals surface area contributed by atoms with E-state index in [9.17, 15) is 23.1 Å². The Labute approximate surface area is 253 Å². The number of sulfone groups is 1. The maximum atomic E-state index is 13.4. The van der Waals surface area contributed by atoms with Gasteiger partial charge in [0.1, 0.15) is 27.7 Å². The van der Waals surface area contributed by atoms with Gasteiger partial charge in [0, 0.05) is 30.6 Å². The Morgan fingerprint density at radius 2 is 1.86 bits per heavy atom. The zero-order valence-electron chi connectivity index (χ0n) is 24.8. The van der Waals surface area contributed by atoms with E-state index >= 15 is 0 Å². The zero-order chi connectivity index (χ0) is 31.0. The summed E-state index contributed by atoms with van der Waals surface area (Å²) in [6, 6.07) is 17.9. The lowest BCUT2D eigenvalue weighted by atomic mass is 9.93. The quantitative estimate of drug-likeness (QED) is 0.249. The van der Waals surface area contributed by atoms with Gasteiger partial charge in [0.25, 0.3) is 5.91 Å². The number of carboxylic acids is 1. The van der Waals surface area contributed by atoms with Crippen molar-refractivity contribution in [2.75, 3.05) is 31.8 Å². The third-order valence-electron chi connectivity index (χ3n) is 7.39. The van der Waals surface area contributed by atoms with Gasteiger partial charge in [-0.2, -0.15) is 0 Å². The van der Waals surface area contributed by atoms with Crippen LogP contribution in [-0.4, -0.2) is 63.3 Å². The molecular formula is C33H39NO8S. The summed E-state index contributed by atoms with van der Waals surface area (Å²) in [4.78, 5) is 25.3. The molecule has 1 heterocycles.